The topological polar surface area (TPSA) is 41.1 Å². The highest BCUT2D eigenvalue weighted by atomic mass is 16.2. The van der Waals surface area contributed by atoms with E-state index in [9.17, 15) is 4.79 Å². The molecule has 0 radical (unpaired) electrons. The molecule has 3 nitrogen and oxygen atoms in total. The Hall–Kier alpha value is -0.830. The smallest absolute Gasteiger partial charge is 0.257 e. The van der Waals surface area contributed by atoms with Crippen molar-refractivity contribution in [2.75, 3.05) is 0 Å². The lowest BCUT2D eigenvalue weighted by molar-refractivity contribution is -0.118. The van der Waals surface area contributed by atoms with Crippen molar-refractivity contribution in [3.05, 3.63) is 12.2 Å². The Morgan fingerprint density at radius 2 is 2.50 bits per heavy atom. The molecule has 8 heavy (non-hydrogen) atoms. The van der Waals surface area contributed by atoms with Crippen LogP contribution in [-0.4, -0.2) is 11.9 Å². The minimum atomic E-state index is -0.0805. The van der Waals surface area contributed by atoms with Crippen LogP contribution in [0.2, 0.25) is 0 Å². The Labute approximate surface area is 47.7 Å². The van der Waals surface area contributed by atoms with Crippen molar-refractivity contribution < 1.29 is 4.79 Å². The van der Waals surface area contributed by atoms with Gasteiger partial charge in [0, 0.05) is 12.1 Å². The summed E-state index contributed by atoms with van der Waals surface area (Å²) >= 11 is 0. The van der Waals surface area contributed by atoms with Gasteiger partial charge in [0.15, 0.2) is 0 Å². The molecule has 0 bridgehead atoms. The fourth-order valence-electron chi connectivity index (χ4n) is 0.506. The standard InChI is InChI=1S/C5H8N2O/c1-4-2-3-5(8)7-6-4/h2-4,6H,1H3,(H,7,8). The van der Waals surface area contributed by atoms with E-state index in [0.29, 0.717) is 0 Å². The second kappa shape index (κ2) is 1.96. The molecule has 1 unspecified atom stereocenters. The molecule has 1 aliphatic heterocycles. The summed E-state index contributed by atoms with van der Waals surface area (Å²) in [6, 6.07) is 0.257. The van der Waals surface area contributed by atoms with Gasteiger partial charge in [-0.1, -0.05) is 6.08 Å². The van der Waals surface area contributed by atoms with Crippen LogP contribution in [0.5, 0.6) is 0 Å². The number of hydrazine groups is 1. The van der Waals surface area contributed by atoms with Gasteiger partial charge >= 0.3 is 0 Å². The van der Waals surface area contributed by atoms with E-state index in [-0.39, 0.29) is 11.9 Å². The second-order valence-electron chi connectivity index (χ2n) is 1.78. The maximum atomic E-state index is 10.3. The minimum Gasteiger partial charge on any atom is -0.287 e. The first-order valence-electron chi connectivity index (χ1n) is 2.53. The number of carbonyl (C=O) groups excluding carboxylic acids is 1. The minimum absolute atomic E-state index is 0.0805. The van der Waals surface area contributed by atoms with Crippen LogP contribution >= 0.6 is 0 Å². The molecule has 0 saturated heterocycles. The Balaban J connectivity index is 2.55. The zero-order chi connectivity index (χ0) is 5.98. The molecule has 1 aliphatic rings. The molecule has 1 rings (SSSR count). The Kier molecular flexibility index (Phi) is 1.30. The van der Waals surface area contributed by atoms with Gasteiger partial charge in [0.05, 0.1) is 0 Å². The monoisotopic (exact) mass is 112 g/mol. The average Bonchev–Trinajstić information content (AvgIpc) is 1.77. The fraction of sp³-hybridized carbons (Fsp3) is 0.400. The van der Waals surface area contributed by atoms with E-state index in [0.717, 1.165) is 0 Å². The van der Waals surface area contributed by atoms with Crippen LogP contribution in [0, 0.1) is 0 Å². The van der Waals surface area contributed by atoms with Crippen molar-refractivity contribution in [2.24, 2.45) is 0 Å². The first-order valence-corrected chi connectivity index (χ1v) is 2.53. The van der Waals surface area contributed by atoms with Gasteiger partial charge in [0.25, 0.3) is 5.91 Å². The number of hydrogen-bond acceptors (Lipinski definition) is 2. The summed E-state index contributed by atoms with van der Waals surface area (Å²) in [6.45, 7) is 1.95. The summed E-state index contributed by atoms with van der Waals surface area (Å²) in [6.07, 6.45) is 3.32. The van der Waals surface area contributed by atoms with Crippen LogP contribution in [0.15, 0.2) is 12.2 Å². The van der Waals surface area contributed by atoms with E-state index in [1.54, 1.807) is 6.08 Å². The summed E-state index contributed by atoms with van der Waals surface area (Å²) in [5, 5.41) is 0. The van der Waals surface area contributed by atoms with Crippen molar-refractivity contribution >= 4 is 5.91 Å². The van der Waals surface area contributed by atoms with E-state index >= 15 is 0 Å². The number of hydrogen-bond donors (Lipinski definition) is 2. The first-order chi connectivity index (χ1) is 3.79. The van der Waals surface area contributed by atoms with E-state index in [4.69, 9.17) is 0 Å². The molecule has 3 heteroatoms. The molecular formula is C5H8N2O. The predicted octanol–water partition coefficient (Wildman–Crippen LogP) is -0.435. The van der Waals surface area contributed by atoms with Crippen molar-refractivity contribution in [3.8, 4) is 0 Å². The van der Waals surface area contributed by atoms with Crippen LogP contribution in [0.3, 0.4) is 0 Å². The van der Waals surface area contributed by atoms with Crippen molar-refractivity contribution in [1.82, 2.24) is 10.9 Å². The van der Waals surface area contributed by atoms with Gasteiger partial charge in [0.1, 0.15) is 0 Å². The zero-order valence-electron chi connectivity index (χ0n) is 4.64. The van der Waals surface area contributed by atoms with Crippen LogP contribution in [0.4, 0.5) is 0 Å². The summed E-state index contributed by atoms with van der Waals surface area (Å²) < 4.78 is 0. The first kappa shape index (κ1) is 5.31. The third-order valence-electron chi connectivity index (χ3n) is 0.959. The van der Waals surface area contributed by atoms with E-state index in [1.165, 1.54) is 6.08 Å². The summed E-state index contributed by atoms with van der Waals surface area (Å²) in [5.74, 6) is -0.0805. The Morgan fingerprint density at radius 3 is 2.88 bits per heavy atom. The molecule has 44 valence electrons. The SMILES string of the molecule is CC1C=CC(=O)NN1. The molecule has 1 amide bonds. The van der Waals surface area contributed by atoms with Crippen molar-refractivity contribution in [3.63, 3.8) is 0 Å². The van der Waals surface area contributed by atoms with Gasteiger partial charge in [-0.3, -0.25) is 10.2 Å². The lowest BCUT2D eigenvalue weighted by Gasteiger charge is -2.13. The lowest BCUT2D eigenvalue weighted by Crippen LogP contribution is -2.44. The predicted molar refractivity (Wildman–Crippen MR) is 29.9 cm³/mol. The maximum Gasteiger partial charge on any atom is 0.257 e. The van der Waals surface area contributed by atoms with E-state index in [1.807, 2.05) is 6.92 Å². The largest absolute Gasteiger partial charge is 0.287 e. The van der Waals surface area contributed by atoms with Gasteiger partial charge in [-0.15, -0.1) is 0 Å². The number of rotatable bonds is 0. The molecular weight excluding hydrogens is 104 g/mol. The molecule has 0 spiro atoms. The van der Waals surface area contributed by atoms with Gasteiger partial charge in [0.2, 0.25) is 0 Å². The highest BCUT2D eigenvalue weighted by Crippen LogP contribution is 1.86. The van der Waals surface area contributed by atoms with Gasteiger partial charge in [-0.05, 0) is 6.92 Å². The normalized spacial score (nSPS) is 27.6. The molecule has 0 fully saturated rings. The summed E-state index contributed by atoms with van der Waals surface area (Å²) in [7, 11) is 0. The van der Waals surface area contributed by atoms with E-state index in [2.05, 4.69) is 10.9 Å². The Morgan fingerprint density at radius 1 is 1.75 bits per heavy atom. The lowest BCUT2D eigenvalue weighted by atomic mass is 10.3. The van der Waals surface area contributed by atoms with E-state index < -0.39 is 0 Å². The Bertz CT molecular complexity index is 130. The van der Waals surface area contributed by atoms with Gasteiger partial charge in [-0.25, -0.2) is 5.43 Å². The number of nitrogens with one attached hydrogen (secondary N) is 2. The molecule has 1 atom stereocenters. The highest BCUT2D eigenvalue weighted by molar-refractivity contribution is 5.87. The summed E-state index contributed by atoms with van der Waals surface area (Å²) in [4.78, 5) is 10.3. The highest BCUT2D eigenvalue weighted by Gasteiger charge is 2.03. The molecule has 0 aliphatic carbocycles. The third-order valence-corrected chi connectivity index (χ3v) is 0.959. The molecule has 1 heterocycles. The van der Waals surface area contributed by atoms with Crippen LogP contribution in [-0.2, 0) is 4.79 Å². The second-order valence-corrected chi connectivity index (χ2v) is 1.78. The number of amides is 1. The molecule has 2 N–H and O–H groups in total. The maximum absolute atomic E-state index is 10.3. The van der Waals surface area contributed by atoms with Crippen molar-refractivity contribution in [2.45, 2.75) is 13.0 Å². The van der Waals surface area contributed by atoms with Gasteiger partial charge < -0.3 is 0 Å². The number of carbonyl (C=O) groups is 1. The quantitative estimate of drug-likeness (QED) is 0.446. The molecule has 0 aromatic rings. The van der Waals surface area contributed by atoms with Crippen LogP contribution in [0.1, 0.15) is 6.92 Å². The fourth-order valence-corrected chi connectivity index (χ4v) is 0.506. The third kappa shape index (κ3) is 1.07. The van der Waals surface area contributed by atoms with Crippen molar-refractivity contribution in [1.29, 1.82) is 0 Å². The van der Waals surface area contributed by atoms with Crippen LogP contribution in [0.25, 0.3) is 0 Å². The zero-order valence-corrected chi connectivity index (χ0v) is 4.64. The summed E-state index contributed by atoms with van der Waals surface area (Å²) in [5.41, 5.74) is 5.20. The molecule has 0 saturated carbocycles. The van der Waals surface area contributed by atoms with Gasteiger partial charge in [-0.2, -0.15) is 0 Å². The molecule has 0 aromatic heterocycles. The average molecular weight is 112 g/mol. The van der Waals surface area contributed by atoms with Crippen LogP contribution < -0.4 is 10.9 Å². The molecule has 0 aromatic carbocycles.